The number of aryl methyl sites for hydroxylation is 1. The molecule has 18 heavy (non-hydrogen) atoms. The van der Waals surface area contributed by atoms with E-state index in [2.05, 4.69) is 5.32 Å². The molecule has 1 unspecified atom stereocenters. The Kier molecular flexibility index (Phi) is 3.99. The molecule has 2 aromatic rings. The van der Waals surface area contributed by atoms with Crippen LogP contribution in [0.4, 0.5) is 4.79 Å². The summed E-state index contributed by atoms with van der Waals surface area (Å²) in [5.74, 6) is 0.546. The Bertz CT molecular complexity index is 522. The average Bonchev–Trinajstić information content (AvgIpc) is 2.77. The number of thiophene rings is 1. The molecule has 0 saturated heterocycles. The van der Waals surface area contributed by atoms with E-state index >= 15 is 0 Å². The minimum atomic E-state index is -0.431. The van der Waals surface area contributed by atoms with Crippen LogP contribution in [0.25, 0.3) is 0 Å². The van der Waals surface area contributed by atoms with Crippen LogP contribution in [0.3, 0.4) is 0 Å². The van der Waals surface area contributed by atoms with Gasteiger partial charge in [-0.05, 0) is 38.1 Å². The maximum Gasteiger partial charge on any atom is 0.413 e. The highest BCUT2D eigenvalue weighted by Gasteiger charge is 2.12. The first-order valence-corrected chi connectivity index (χ1v) is 6.56. The lowest BCUT2D eigenvalue weighted by atomic mass is 10.3. The normalized spacial score (nSPS) is 11.9. The number of carbonyl (C=O) groups excluding carboxylic acids is 1. The van der Waals surface area contributed by atoms with Gasteiger partial charge in [0.1, 0.15) is 5.75 Å². The van der Waals surface area contributed by atoms with Crippen molar-refractivity contribution in [2.75, 3.05) is 0 Å². The number of para-hydroxylation sites is 1. The zero-order chi connectivity index (χ0) is 13.0. The second kappa shape index (κ2) is 5.69. The molecule has 0 fully saturated rings. The number of nitrogens with one attached hydrogen (secondary N) is 1. The van der Waals surface area contributed by atoms with Crippen LogP contribution < -0.4 is 10.1 Å². The van der Waals surface area contributed by atoms with Gasteiger partial charge in [0.05, 0.1) is 6.04 Å². The van der Waals surface area contributed by atoms with Crippen LogP contribution in [-0.2, 0) is 0 Å². The molecule has 0 bridgehead atoms. The number of hydrogen-bond acceptors (Lipinski definition) is 3. The quantitative estimate of drug-likeness (QED) is 0.909. The zero-order valence-corrected chi connectivity index (χ0v) is 11.2. The molecule has 1 heterocycles. The predicted octanol–water partition coefficient (Wildman–Crippen LogP) is 3.91. The van der Waals surface area contributed by atoms with Crippen molar-refractivity contribution in [3.63, 3.8) is 0 Å². The molecule has 0 aliphatic heterocycles. The van der Waals surface area contributed by atoms with E-state index in [1.165, 1.54) is 4.88 Å². The van der Waals surface area contributed by atoms with Crippen LogP contribution in [-0.4, -0.2) is 6.09 Å². The van der Waals surface area contributed by atoms with Crippen molar-refractivity contribution in [1.82, 2.24) is 5.32 Å². The summed E-state index contributed by atoms with van der Waals surface area (Å²) in [5.41, 5.74) is 0. The summed E-state index contributed by atoms with van der Waals surface area (Å²) in [4.78, 5) is 14.0. The maximum atomic E-state index is 11.7. The number of benzene rings is 1. The Morgan fingerprint density at radius 3 is 2.56 bits per heavy atom. The molecular weight excluding hydrogens is 246 g/mol. The van der Waals surface area contributed by atoms with E-state index in [1.54, 1.807) is 23.5 Å². The molecule has 1 atom stereocenters. The van der Waals surface area contributed by atoms with Gasteiger partial charge in [-0.3, -0.25) is 0 Å². The molecule has 2 rings (SSSR count). The maximum absolute atomic E-state index is 11.7. The first-order valence-electron chi connectivity index (χ1n) is 5.75. The van der Waals surface area contributed by atoms with E-state index in [1.807, 2.05) is 44.2 Å². The Hall–Kier alpha value is -1.81. The van der Waals surface area contributed by atoms with Gasteiger partial charge in [0, 0.05) is 9.75 Å². The monoisotopic (exact) mass is 261 g/mol. The van der Waals surface area contributed by atoms with Crippen LogP contribution in [0.1, 0.15) is 22.7 Å². The Labute approximate surface area is 110 Å². The number of rotatable bonds is 3. The molecule has 1 amide bonds. The third-order valence-corrected chi connectivity index (χ3v) is 3.66. The van der Waals surface area contributed by atoms with E-state index in [0.29, 0.717) is 5.75 Å². The molecule has 3 nitrogen and oxygen atoms in total. The molecular formula is C14H15NO2S. The largest absolute Gasteiger partial charge is 0.413 e. The highest BCUT2D eigenvalue weighted by Crippen LogP contribution is 2.22. The van der Waals surface area contributed by atoms with Crippen molar-refractivity contribution in [1.29, 1.82) is 0 Å². The predicted molar refractivity (Wildman–Crippen MR) is 73.1 cm³/mol. The molecule has 1 aromatic heterocycles. The molecule has 0 radical (unpaired) electrons. The number of amides is 1. The average molecular weight is 261 g/mol. The molecule has 0 saturated carbocycles. The SMILES string of the molecule is Cc1ccc(C(C)NC(=O)Oc2ccccc2)s1. The third kappa shape index (κ3) is 3.34. The standard InChI is InChI=1S/C14H15NO2S/c1-10-8-9-13(18-10)11(2)15-14(16)17-12-6-4-3-5-7-12/h3-9,11H,1-2H3,(H,15,16). The molecule has 0 aliphatic carbocycles. The summed E-state index contributed by atoms with van der Waals surface area (Å²) < 4.78 is 5.17. The highest BCUT2D eigenvalue weighted by molar-refractivity contribution is 7.12. The van der Waals surface area contributed by atoms with Gasteiger partial charge in [-0.1, -0.05) is 18.2 Å². The number of carbonyl (C=O) groups is 1. The zero-order valence-electron chi connectivity index (χ0n) is 10.3. The fraction of sp³-hybridized carbons (Fsp3) is 0.214. The fourth-order valence-corrected chi connectivity index (χ4v) is 2.44. The Morgan fingerprint density at radius 2 is 1.94 bits per heavy atom. The number of ether oxygens (including phenoxy) is 1. The first-order chi connectivity index (χ1) is 8.65. The second-order valence-electron chi connectivity index (χ2n) is 4.02. The third-order valence-electron chi connectivity index (χ3n) is 2.48. The van der Waals surface area contributed by atoms with Gasteiger partial charge in [0.25, 0.3) is 0 Å². The summed E-state index contributed by atoms with van der Waals surface area (Å²) in [5, 5.41) is 2.81. The van der Waals surface area contributed by atoms with Gasteiger partial charge in [0.15, 0.2) is 0 Å². The molecule has 0 spiro atoms. The Balaban J connectivity index is 1.92. The minimum Gasteiger partial charge on any atom is -0.410 e. The van der Waals surface area contributed by atoms with Crippen molar-refractivity contribution < 1.29 is 9.53 Å². The molecule has 4 heteroatoms. The smallest absolute Gasteiger partial charge is 0.410 e. The van der Waals surface area contributed by atoms with Gasteiger partial charge >= 0.3 is 6.09 Å². The van der Waals surface area contributed by atoms with Gasteiger partial charge in [0.2, 0.25) is 0 Å². The van der Waals surface area contributed by atoms with E-state index < -0.39 is 6.09 Å². The van der Waals surface area contributed by atoms with E-state index in [4.69, 9.17) is 4.74 Å². The summed E-state index contributed by atoms with van der Waals surface area (Å²) >= 11 is 1.67. The molecule has 94 valence electrons. The van der Waals surface area contributed by atoms with Crippen molar-refractivity contribution in [2.45, 2.75) is 19.9 Å². The van der Waals surface area contributed by atoms with Gasteiger partial charge < -0.3 is 10.1 Å². The second-order valence-corrected chi connectivity index (χ2v) is 5.34. The summed E-state index contributed by atoms with van der Waals surface area (Å²) in [6.07, 6.45) is -0.431. The van der Waals surface area contributed by atoms with Gasteiger partial charge in [-0.15, -0.1) is 11.3 Å². The van der Waals surface area contributed by atoms with Gasteiger partial charge in [-0.25, -0.2) is 4.79 Å². The topological polar surface area (TPSA) is 38.3 Å². The van der Waals surface area contributed by atoms with Crippen molar-refractivity contribution in [2.24, 2.45) is 0 Å². The lowest BCUT2D eigenvalue weighted by Crippen LogP contribution is -2.29. The highest BCUT2D eigenvalue weighted by atomic mass is 32.1. The Morgan fingerprint density at radius 1 is 1.22 bits per heavy atom. The minimum absolute atomic E-state index is 0.0417. The van der Waals surface area contributed by atoms with Crippen LogP contribution in [0, 0.1) is 6.92 Å². The van der Waals surface area contributed by atoms with Crippen LogP contribution in [0.5, 0.6) is 5.75 Å². The summed E-state index contributed by atoms with van der Waals surface area (Å²) in [6, 6.07) is 13.1. The number of hydrogen-bond donors (Lipinski definition) is 1. The van der Waals surface area contributed by atoms with E-state index in [-0.39, 0.29) is 6.04 Å². The lowest BCUT2D eigenvalue weighted by molar-refractivity contribution is 0.197. The summed E-state index contributed by atoms with van der Waals surface area (Å²) in [7, 11) is 0. The van der Waals surface area contributed by atoms with Crippen molar-refractivity contribution in [3.8, 4) is 5.75 Å². The first kappa shape index (κ1) is 12.6. The fourth-order valence-electron chi connectivity index (χ4n) is 1.56. The van der Waals surface area contributed by atoms with Crippen LogP contribution in [0.2, 0.25) is 0 Å². The van der Waals surface area contributed by atoms with Crippen molar-refractivity contribution >= 4 is 17.4 Å². The summed E-state index contributed by atoms with van der Waals surface area (Å²) in [6.45, 7) is 3.99. The molecule has 1 N–H and O–H groups in total. The molecule has 0 aliphatic rings. The molecule has 1 aromatic carbocycles. The van der Waals surface area contributed by atoms with Crippen molar-refractivity contribution in [3.05, 3.63) is 52.2 Å². The van der Waals surface area contributed by atoms with Crippen LogP contribution in [0.15, 0.2) is 42.5 Å². The van der Waals surface area contributed by atoms with E-state index in [9.17, 15) is 4.79 Å². The van der Waals surface area contributed by atoms with Crippen LogP contribution >= 0.6 is 11.3 Å². The van der Waals surface area contributed by atoms with E-state index in [0.717, 1.165) is 4.88 Å². The lowest BCUT2D eigenvalue weighted by Gasteiger charge is -2.12. The van der Waals surface area contributed by atoms with Gasteiger partial charge in [-0.2, -0.15) is 0 Å².